The summed E-state index contributed by atoms with van der Waals surface area (Å²) in [5.74, 6) is 0. The number of nitrogens with one attached hydrogen (secondary N) is 1. The van der Waals surface area contributed by atoms with Crippen LogP contribution in [0.15, 0.2) is 24.3 Å². The lowest BCUT2D eigenvalue weighted by Crippen LogP contribution is -2.35. The van der Waals surface area contributed by atoms with E-state index < -0.39 is 0 Å². The van der Waals surface area contributed by atoms with E-state index in [1.54, 1.807) is 18.2 Å². The Bertz CT molecular complexity index is 380. The van der Waals surface area contributed by atoms with Gasteiger partial charge in [0.2, 0.25) is 0 Å². The first-order chi connectivity index (χ1) is 7.47. The van der Waals surface area contributed by atoms with E-state index in [4.69, 9.17) is 0 Å². The molecule has 1 aromatic carbocycles. The van der Waals surface area contributed by atoms with Crippen molar-refractivity contribution in [3.63, 3.8) is 0 Å². The van der Waals surface area contributed by atoms with Crippen molar-refractivity contribution in [3.05, 3.63) is 29.8 Å². The van der Waals surface area contributed by atoms with E-state index in [1.807, 2.05) is 26.8 Å². The van der Waals surface area contributed by atoms with Crippen LogP contribution in [0.25, 0.3) is 0 Å². The van der Waals surface area contributed by atoms with Gasteiger partial charge in [0.15, 0.2) is 0 Å². The average Bonchev–Trinajstić information content (AvgIpc) is 2.24. The van der Waals surface area contributed by atoms with Gasteiger partial charge in [-0.05, 0) is 17.5 Å². The van der Waals surface area contributed by atoms with E-state index >= 15 is 0 Å². The summed E-state index contributed by atoms with van der Waals surface area (Å²) in [6.07, 6.45) is 1.69. The molecule has 0 aromatic heterocycles. The van der Waals surface area contributed by atoms with E-state index in [9.17, 15) is 9.59 Å². The number of hydrogen-bond donors (Lipinski definition) is 1. The summed E-state index contributed by atoms with van der Waals surface area (Å²) in [4.78, 5) is 21.6. The van der Waals surface area contributed by atoms with Gasteiger partial charge in [-0.1, -0.05) is 32.9 Å². The predicted molar refractivity (Wildman–Crippen MR) is 64.8 cm³/mol. The molecular formula is C13H17NO2. The fourth-order valence-corrected chi connectivity index (χ4v) is 1.34. The van der Waals surface area contributed by atoms with Crippen LogP contribution in [0, 0.1) is 5.41 Å². The Balaban J connectivity index is 2.86. The molecule has 0 heterocycles. The van der Waals surface area contributed by atoms with Gasteiger partial charge in [0.1, 0.15) is 12.6 Å². The average molecular weight is 219 g/mol. The highest BCUT2D eigenvalue weighted by Crippen LogP contribution is 2.22. The highest BCUT2D eigenvalue weighted by atomic mass is 16.1. The number of rotatable bonds is 4. The first kappa shape index (κ1) is 12.4. The zero-order chi connectivity index (χ0) is 12.2. The number of aldehydes is 2. The SMILES string of the molecule is CC(C)(C)C(C=O)Nc1cccc(C=O)c1. The van der Waals surface area contributed by atoms with Crippen molar-refractivity contribution in [2.45, 2.75) is 26.8 Å². The molecule has 86 valence electrons. The lowest BCUT2D eigenvalue weighted by Gasteiger charge is -2.27. The summed E-state index contributed by atoms with van der Waals surface area (Å²) in [7, 11) is 0. The summed E-state index contributed by atoms with van der Waals surface area (Å²) in [5, 5.41) is 3.12. The molecule has 1 aromatic rings. The Hall–Kier alpha value is -1.64. The van der Waals surface area contributed by atoms with Crippen LogP contribution in [0.1, 0.15) is 31.1 Å². The number of benzene rings is 1. The molecule has 0 aliphatic heterocycles. The Labute approximate surface area is 95.9 Å². The molecule has 0 amide bonds. The van der Waals surface area contributed by atoms with Gasteiger partial charge in [-0.3, -0.25) is 4.79 Å². The van der Waals surface area contributed by atoms with Crippen molar-refractivity contribution in [2.24, 2.45) is 5.41 Å². The largest absolute Gasteiger partial charge is 0.375 e. The topological polar surface area (TPSA) is 46.2 Å². The van der Waals surface area contributed by atoms with Gasteiger partial charge >= 0.3 is 0 Å². The summed E-state index contributed by atoms with van der Waals surface area (Å²) >= 11 is 0. The summed E-state index contributed by atoms with van der Waals surface area (Å²) < 4.78 is 0. The van der Waals surface area contributed by atoms with Crippen molar-refractivity contribution < 1.29 is 9.59 Å². The minimum atomic E-state index is -0.269. The van der Waals surface area contributed by atoms with Crippen molar-refractivity contribution >= 4 is 18.3 Å². The van der Waals surface area contributed by atoms with Crippen LogP contribution in [0.3, 0.4) is 0 Å². The van der Waals surface area contributed by atoms with Crippen LogP contribution >= 0.6 is 0 Å². The lowest BCUT2D eigenvalue weighted by molar-refractivity contribution is -0.110. The molecule has 0 saturated heterocycles. The second-order valence-corrected chi connectivity index (χ2v) is 4.87. The van der Waals surface area contributed by atoms with Crippen molar-refractivity contribution in [3.8, 4) is 0 Å². The molecule has 3 nitrogen and oxygen atoms in total. The zero-order valence-electron chi connectivity index (χ0n) is 9.86. The first-order valence-electron chi connectivity index (χ1n) is 5.24. The Morgan fingerprint density at radius 2 is 1.94 bits per heavy atom. The van der Waals surface area contributed by atoms with Crippen LogP contribution in [-0.4, -0.2) is 18.6 Å². The lowest BCUT2D eigenvalue weighted by atomic mass is 9.87. The molecular weight excluding hydrogens is 202 g/mol. The smallest absolute Gasteiger partial charge is 0.150 e. The molecule has 1 rings (SSSR count). The second kappa shape index (κ2) is 4.92. The first-order valence-corrected chi connectivity index (χ1v) is 5.24. The summed E-state index contributed by atoms with van der Waals surface area (Å²) in [5.41, 5.74) is 1.24. The van der Waals surface area contributed by atoms with Gasteiger partial charge < -0.3 is 10.1 Å². The third kappa shape index (κ3) is 3.19. The third-order valence-corrected chi connectivity index (χ3v) is 2.41. The predicted octanol–water partition coefficient (Wildman–Crippen LogP) is 2.52. The quantitative estimate of drug-likeness (QED) is 0.791. The fourth-order valence-electron chi connectivity index (χ4n) is 1.34. The van der Waals surface area contributed by atoms with Gasteiger partial charge in [0, 0.05) is 11.3 Å². The Morgan fingerprint density at radius 1 is 1.25 bits per heavy atom. The monoisotopic (exact) mass is 219 g/mol. The van der Waals surface area contributed by atoms with E-state index in [0.717, 1.165) is 18.3 Å². The van der Waals surface area contributed by atoms with Gasteiger partial charge in [0.05, 0.1) is 6.04 Å². The molecule has 0 radical (unpaired) electrons. The number of anilines is 1. The number of hydrogen-bond acceptors (Lipinski definition) is 3. The highest BCUT2D eigenvalue weighted by molar-refractivity contribution is 5.77. The third-order valence-electron chi connectivity index (χ3n) is 2.41. The molecule has 0 saturated carbocycles. The maximum absolute atomic E-state index is 11.0. The second-order valence-electron chi connectivity index (χ2n) is 4.87. The van der Waals surface area contributed by atoms with E-state index in [0.29, 0.717) is 5.56 Å². The highest BCUT2D eigenvalue weighted by Gasteiger charge is 2.23. The fraction of sp³-hybridized carbons (Fsp3) is 0.385. The minimum Gasteiger partial charge on any atom is -0.375 e. The van der Waals surface area contributed by atoms with E-state index in [-0.39, 0.29) is 11.5 Å². The standard InChI is InChI=1S/C13H17NO2/c1-13(2,3)12(9-16)14-11-6-4-5-10(7-11)8-15/h4-9,12,14H,1-3H3. The van der Waals surface area contributed by atoms with Crippen LogP contribution < -0.4 is 5.32 Å². The maximum atomic E-state index is 11.0. The normalized spacial score (nSPS) is 12.9. The van der Waals surface area contributed by atoms with Crippen LogP contribution in [0.4, 0.5) is 5.69 Å². The van der Waals surface area contributed by atoms with Crippen LogP contribution in [0.2, 0.25) is 0 Å². The van der Waals surface area contributed by atoms with Gasteiger partial charge in [-0.2, -0.15) is 0 Å². The van der Waals surface area contributed by atoms with Crippen LogP contribution in [0.5, 0.6) is 0 Å². The van der Waals surface area contributed by atoms with E-state index in [2.05, 4.69) is 5.32 Å². The minimum absolute atomic E-state index is 0.154. The van der Waals surface area contributed by atoms with Crippen molar-refractivity contribution in [2.75, 3.05) is 5.32 Å². The maximum Gasteiger partial charge on any atom is 0.150 e. The summed E-state index contributed by atoms with van der Waals surface area (Å²) in [6, 6.07) is 6.82. The molecule has 16 heavy (non-hydrogen) atoms. The Morgan fingerprint density at radius 3 is 2.44 bits per heavy atom. The summed E-state index contributed by atoms with van der Waals surface area (Å²) in [6.45, 7) is 5.97. The van der Waals surface area contributed by atoms with Gasteiger partial charge in [-0.25, -0.2) is 0 Å². The van der Waals surface area contributed by atoms with Crippen LogP contribution in [-0.2, 0) is 4.79 Å². The van der Waals surface area contributed by atoms with Gasteiger partial charge in [-0.15, -0.1) is 0 Å². The molecule has 0 spiro atoms. The van der Waals surface area contributed by atoms with Crippen molar-refractivity contribution in [1.29, 1.82) is 0 Å². The number of carbonyl (C=O) groups is 2. The van der Waals surface area contributed by atoms with Crippen molar-refractivity contribution in [1.82, 2.24) is 0 Å². The van der Waals surface area contributed by atoms with E-state index in [1.165, 1.54) is 0 Å². The molecule has 1 atom stereocenters. The molecule has 0 aliphatic rings. The molecule has 0 aliphatic carbocycles. The molecule has 1 unspecified atom stereocenters. The molecule has 3 heteroatoms. The molecule has 0 fully saturated rings. The zero-order valence-corrected chi connectivity index (χ0v) is 9.86. The Kier molecular flexibility index (Phi) is 3.82. The number of carbonyl (C=O) groups excluding carboxylic acids is 2. The van der Waals surface area contributed by atoms with Gasteiger partial charge in [0.25, 0.3) is 0 Å². The molecule has 1 N–H and O–H groups in total. The molecule has 0 bridgehead atoms.